The summed E-state index contributed by atoms with van der Waals surface area (Å²) in [5.41, 5.74) is 5.71. The highest BCUT2D eigenvalue weighted by Gasteiger charge is 2.19. The Hall–Kier alpha value is -3.41. The van der Waals surface area contributed by atoms with Crippen LogP contribution in [-0.2, 0) is 4.79 Å². The third-order valence-electron chi connectivity index (χ3n) is 4.74. The largest absolute Gasteiger partial charge is 0.342 e. The number of H-pyrrole nitrogens is 2. The standard InChI is InChI=1S/C21H21N5O/c1-3-18(15-6-9-19-20(10-15)25-13(2)24-19)21(27)26-17-7-4-14(5-8-17)16-11-22-23-12-16/h4-12,18H,3H2,1-2H3,(H,22,23)(H,24,25)(H,26,27). The summed E-state index contributed by atoms with van der Waals surface area (Å²) in [5.74, 6) is 0.646. The fraction of sp³-hybridized carbons (Fsp3) is 0.190. The van der Waals surface area contributed by atoms with Crippen molar-refractivity contribution in [2.75, 3.05) is 5.32 Å². The number of hydrogen-bond acceptors (Lipinski definition) is 3. The van der Waals surface area contributed by atoms with Gasteiger partial charge in [0.2, 0.25) is 5.91 Å². The van der Waals surface area contributed by atoms with Gasteiger partial charge in [0.05, 0.1) is 23.1 Å². The topological polar surface area (TPSA) is 86.5 Å². The van der Waals surface area contributed by atoms with Crippen molar-refractivity contribution >= 4 is 22.6 Å². The number of hydrogen-bond donors (Lipinski definition) is 3. The maximum absolute atomic E-state index is 12.8. The summed E-state index contributed by atoms with van der Waals surface area (Å²) in [7, 11) is 0. The minimum Gasteiger partial charge on any atom is -0.342 e. The lowest BCUT2D eigenvalue weighted by Crippen LogP contribution is -2.20. The van der Waals surface area contributed by atoms with E-state index in [9.17, 15) is 4.79 Å². The number of nitrogens with one attached hydrogen (secondary N) is 3. The fourth-order valence-electron chi connectivity index (χ4n) is 3.33. The van der Waals surface area contributed by atoms with Crippen molar-refractivity contribution in [3.8, 4) is 11.1 Å². The second kappa shape index (κ2) is 7.07. The van der Waals surface area contributed by atoms with Crippen molar-refractivity contribution in [2.24, 2.45) is 0 Å². The first kappa shape index (κ1) is 17.0. The number of rotatable bonds is 5. The van der Waals surface area contributed by atoms with Crippen LogP contribution in [0.4, 0.5) is 5.69 Å². The summed E-state index contributed by atoms with van der Waals surface area (Å²) in [6.07, 6.45) is 4.33. The Balaban J connectivity index is 1.52. The van der Waals surface area contributed by atoms with Gasteiger partial charge >= 0.3 is 0 Å². The Bertz CT molecular complexity index is 1060. The van der Waals surface area contributed by atoms with Gasteiger partial charge in [-0.1, -0.05) is 25.1 Å². The van der Waals surface area contributed by atoms with Crippen LogP contribution in [0.3, 0.4) is 0 Å². The highest BCUT2D eigenvalue weighted by molar-refractivity contribution is 5.96. The Labute approximate surface area is 157 Å². The number of aromatic nitrogens is 4. The zero-order chi connectivity index (χ0) is 18.8. The minimum absolute atomic E-state index is 0.0100. The zero-order valence-electron chi connectivity index (χ0n) is 15.3. The average Bonchev–Trinajstić information content (AvgIpc) is 3.31. The van der Waals surface area contributed by atoms with Gasteiger partial charge in [0, 0.05) is 17.4 Å². The van der Waals surface area contributed by atoms with Crippen LogP contribution in [0.5, 0.6) is 0 Å². The summed E-state index contributed by atoms with van der Waals surface area (Å²) in [5, 5.41) is 9.79. The second-order valence-corrected chi connectivity index (χ2v) is 6.61. The van der Waals surface area contributed by atoms with E-state index in [1.165, 1.54) is 0 Å². The highest BCUT2D eigenvalue weighted by atomic mass is 16.1. The Kier molecular flexibility index (Phi) is 4.46. The van der Waals surface area contributed by atoms with E-state index in [0.29, 0.717) is 0 Å². The van der Waals surface area contributed by atoms with Gasteiger partial charge in [-0.05, 0) is 48.7 Å². The molecule has 136 valence electrons. The van der Waals surface area contributed by atoms with Crippen molar-refractivity contribution in [3.05, 3.63) is 66.2 Å². The van der Waals surface area contributed by atoms with Crippen molar-refractivity contribution in [3.63, 3.8) is 0 Å². The van der Waals surface area contributed by atoms with E-state index in [4.69, 9.17) is 0 Å². The lowest BCUT2D eigenvalue weighted by molar-refractivity contribution is -0.117. The van der Waals surface area contributed by atoms with Gasteiger partial charge < -0.3 is 10.3 Å². The second-order valence-electron chi connectivity index (χ2n) is 6.61. The molecule has 2 aromatic heterocycles. The number of carbonyl (C=O) groups is 1. The van der Waals surface area contributed by atoms with Gasteiger partial charge in [-0.15, -0.1) is 0 Å². The number of anilines is 1. The molecule has 6 nitrogen and oxygen atoms in total. The molecule has 0 aliphatic heterocycles. The van der Waals surface area contributed by atoms with E-state index in [0.717, 1.165) is 45.7 Å². The molecule has 6 heteroatoms. The molecule has 2 aromatic carbocycles. The van der Waals surface area contributed by atoms with E-state index in [-0.39, 0.29) is 11.8 Å². The van der Waals surface area contributed by atoms with E-state index in [1.54, 1.807) is 6.20 Å². The van der Waals surface area contributed by atoms with Crippen LogP contribution in [0.2, 0.25) is 0 Å². The van der Waals surface area contributed by atoms with Crippen LogP contribution >= 0.6 is 0 Å². The smallest absolute Gasteiger partial charge is 0.231 e. The number of carbonyl (C=O) groups excluding carboxylic acids is 1. The molecule has 1 atom stereocenters. The van der Waals surface area contributed by atoms with Gasteiger partial charge in [0.15, 0.2) is 0 Å². The molecule has 0 spiro atoms. The molecular weight excluding hydrogens is 338 g/mol. The van der Waals surface area contributed by atoms with Crippen LogP contribution in [0.15, 0.2) is 54.9 Å². The van der Waals surface area contributed by atoms with Crippen LogP contribution in [0.25, 0.3) is 22.2 Å². The molecular formula is C21H21N5O. The maximum atomic E-state index is 12.8. The summed E-state index contributed by atoms with van der Waals surface area (Å²) in [4.78, 5) is 20.5. The molecule has 2 heterocycles. The molecule has 0 aliphatic rings. The minimum atomic E-state index is -0.216. The van der Waals surface area contributed by atoms with Crippen LogP contribution in [0.1, 0.15) is 30.7 Å². The molecule has 0 saturated carbocycles. The molecule has 0 aliphatic carbocycles. The Morgan fingerprint density at radius 1 is 1.15 bits per heavy atom. The van der Waals surface area contributed by atoms with Gasteiger partial charge in [-0.2, -0.15) is 5.10 Å². The number of imidazole rings is 1. The van der Waals surface area contributed by atoms with Crippen molar-refractivity contribution in [1.82, 2.24) is 20.2 Å². The van der Waals surface area contributed by atoms with Gasteiger partial charge in [0.1, 0.15) is 5.82 Å². The normalized spacial score (nSPS) is 12.2. The lowest BCUT2D eigenvalue weighted by atomic mass is 9.95. The van der Waals surface area contributed by atoms with Crippen LogP contribution in [-0.4, -0.2) is 26.1 Å². The molecule has 0 fully saturated rings. The first-order valence-electron chi connectivity index (χ1n) is 9.00. The molecule has 0 bridgehead atoms. The fourth-order valence-corrected chi connectivity index (χ4v) is 3.33. The average molecular weight is 359 g/mol. The SMILES string of the molecule is CCC(C(=O)Nc1ccc(-c2cn[nH]c2)cc1)c1ccc2nc(C)[nH]c2c1. The molecule has 27 heavy (non-hydrogen) atoms. The predicted molar refractivity (Wildman–Crippen MR) is 107 cm³/mol. The predicted octanol–water partition coefficient (Wildman–Crippen LogP) is 4.39. The molecule has 0 radical (unpaired) electrons. The van der Waals surface area contributed by atoms with Crippen molar-refractivity contribution < 1.29 is 4.79 Å². The lowest BCUT2D eigenvalue weighted by Gasteiger charge is -2.16. The third kappa shape index (κ3) is 3.46. The number of aromatic amines is 2. The van der Waals surface area contributed by atoms with Gasteiger partial charge in [0.25, 0.3) is 0 Å². The van der Waals surface area contributed by atoms with Gasteiger partial charge in [-0.25, -0.2) is 4.98 Å². The molecule has 0 saturated heterocycles. The zero-order valence-corrected chi connectivity index (χ0v) is 15.3. The maximum Gasteiger partial charge on any atom is 0.231 e. The molecule has 4 rings (SSSR count). The monoisotopic (exact) mass is 359 g/mol. The van der Waals surface area contributed by atoms with E-state index in [1.807, 2.05) is 62.5 Å². The number of nitrogens with zero attached hydrogens (tertiary/aromatic N) is 2. The van der Waals surface area contributed by atoms with E-state index in [2.05, 4.69) is 25.5 Å². The third-order valence-corrected chi connectivity index (χ3v) is 4.74. The Morgan fingerprint density at radius 2 is 1.96 bits per heavy atom. The number of benzene rings is 2. The summed E-state index contributed by atoms with van der Waals surface area (Å²) in [6, 6.07) is 13.7. The Morgan fingerprint density at radius 3 is 2.67 bits per heavy atom. The molecule has 3 N–H and O–H groups in total. The van der Waals surface area contributed by atoms with Crippen LogP contribution in [0, 0.1) is 6.92 Å². The van der Waals surface area contributed by atoms with Gasteiger partial charge in [-0.3, -0.25) is 9.89 Å². The first-order valence-corrected chi connectivity index (χ1v) is 9.00. The number of amides is 1. The molecule has 1 unspecified atom stereocenters. The molecule has 4 aromatic rings. The summed E-state index contributed by atoms with van der Waals surface area (Å²) in [6.45, 7) is 3.95. The first-order chi connectivity index (χ1) is 13.1. The van der Waals surface area contributed by atoms with Crippen molar-refractivity contribution in [2.45, 2.75) is 26.2 Å². The highest BCUT2D eigenvalue weighted by Crippen LogP contribution is 2.26. The summed E-state index contributed by atoms with van der Waals surface area (Å²) >= 11 is 0. The number of aryl methyl sites for hydroxylation is 1. The van der Waals surface area contributed by atoms with E-state index < -0.39 is 0 Å². The van der Waals surface area contributed by atoms with Crippen molar-refractivity contribution in [1.29, 1.82) is 0 Å². The quantitative estimate of drug-likeness (QED) is 0.494. The number of fused-ring (bicyclic) bond motifs is 1. The van der Waals surface area contributed by atoms with Crippen LogP contribution < -0.4 is 5.32 Å². The van der Waals surface area contributed by atoms with E-state index >= 15 is 0 Å². The molecule has 1 amide bonds. The summed E-state index contributed by atoms with van der Waals surface area (Å²) < 4.78 is 0.